The molecule has 3 N–H and O–H groups in total. The molecule has 0 aliphatic rings. The van der Waals surface area contributed by atoms with E-state index in [0.717, 1.165) is 0 Å². The second-order valence-electron chi connectivity index (χ2n) is 2.05. The first-order valence-corrected chi connectivity index (χ1v) is 4.76. The van der Waals surface area contributed by atoms with Crippen LogP contribution in [0.1, 0.15) is 0 Å². The molecule has 0 heterocycles. The average Bonchev–Trinajstić information content (AvgIpc) is 2.13. The van der Waals surface area contributed by atoms with E-state index in [0.29, 0.717) is 0 Å². The lowest BCUT2D eigenvalue weighted by Gasteiger charge is -2.15. The number of aliphatic hydroxyl groups is 1. The molecule has 0 aromatic heterocycles. The summed E-state index contributed by atoms with van der Waals surface area (Å²) in [6, 6.07) is -0.580. The molecule has 0 aliphatic heterocycles. The van der Waals surface area contributed by atoms with Gasteiger partial charge in [-0.1, -0.05) is 0 Å². The molecule has 7 heteroatoms. The van der Waals surface area contributed by atoms with Crippen LogP contribution >= 0.6 is 7.82 Å². The Balaban J connectivity index is 3.81. The van der Waals surface area contributed by atoms with E-state index < -0.39 is 13.9 Å². The molecule has 0 aromatic rings. The summed E-state index contributed by atoms with van der Waals surface area (Å²) in [4.78, 5) is 0. The predicted octanol–water partition coefficient (Wildman–Crippen LogP) is -0.277. The van der Waals surface area contributed by atoms with Crippen molar-refractivity contribution in [2.24, 2.45) is 5.73 Å². The van der Waals surface area contributed by atoms with Gasteiger partial charge in [-0.3, -0.25) is 13.6 Å². The third kappa shape index (κ3) is 4.15. The van der Waals surface area contributed by atoms with Crippen molar-refractivity contribution in [2.75, 3.05) is 27.4 Å². The van der Waals surface area contributed by atoms with Crippen LogP contribution in [-0.2, 0) is 18.1 Å². The highest BCUT2D eigenvalue weighted by Crippen LogP contribution is 2.47. The molecule has 0 bridgehead atoms. The lowest BCUT2D eigenvalue weighted by molar-refractivity contribution is 0.131. The van der Waals surface area contributed by atoms with Crippen molar-refractivity contribution in [3.05, 3.63) is 0 Å². The molecular formula is C5H14NO5P. The van der Waals surface area contributed by atoms with E-state index in [9.17, 15) is 4.57 Å². The van der Waals surface area contributed by atoms with Crippen LogP contribution in [0.4, 0.5) is 0 Å². The predicted molar refractivity (Wildman–Crippen MR) is 42.6 cm³/mol. The topological polar surface area (TPSA) is 91.0 Å². The number of phosphoric acid groups is 1. The van der Waals surface area contributed by atoms with Crippen molar-refractivity contribution < 1.29 is 23.2 Å². The maximum atomic E-state index is 11.2. The molecule has 12 heavy (non-hydrogen) atoms. The summed E-state index contributed by atoms with van der Waals surface area (Å²) in [6.45, 7) is -0.317. The molecule has 0 amide bonds. The molecule has 1 unspecified atom stereocenters. The first kappa shape index (κ1) is 12.0. The molecule has 0 saturated carbocycles. The van der Waals surface area contributed by atoms with Gasteiger partial charge in [0.2, 0.25) is 0 Å². The minimum atomic E-state index is -3.44. The fourth-order valence-electron chi connectivity index (χ4n) is 0.420. The number of hydrogen-bond acceptors (Lipinski definition) is 6. The van der Waals surface area contributed by atoms with Gasteiger partial charge in [-0.25, -0.2) is 4.57 Å². The van der Waals surface area contributed by atoms with Crippen LogP contribution < -0.4 is 5.73 Å². The van der Waals surface area contributed by atoms with E-state index in [2.05, 4.69) is 9.05 Å². The molecule has 0 aliphatic carbocycles. The van der Waals surface area contributed by atoms with Crippen LogP contribution in [0.3, 0.4) is 0 Å². The molecular weight excluding hydrogens is 185 g/mol. The number of hydrogen-bond donors (Lipinski definition) is 2. The molecule has 0 aromatic carbocycles. The van der Waals surface area contributed by atoms with Gasteiger partial charge in [-0.2, -0.15) is 0 Å². The second-order valence-corrected chi connectivity index (χ2v) is 3.93. The Morgan fingerprint density at radius 3 is 2.33 bits per heavy atom. The molecule has 0 saturated heterocycles. The van der Waals surface area contributed by atoms with E-state index in [4.69, 9.17) is 15.4 Å². The summed E-state index contributed by atoms with van der Waals surface area (Å²) < 4.78 is 24.8. The quantitative estimate of drug-likeness (QED) is 0.572. The summed E-state index contributed by atoms with van der Waals surface area (Å²) in [5.41, 5.74) is 5.28. The Kier molecular flexibility index (Phi) is 5.65. The molecule has 0 fully saturated rings. The van der Waals surface area contributed by atoms with Crippen molar-refractivity contribution in [1.82, 2.24) is 0 Å². The third-order valence-corrected chi connectivity index (χ3v) is 2.49. The van der Waals surface area contributed by atoms with Gasteiger partial charge in [0.05, 0.1) is 19.3 Å². The van der Waals surface area contributed by atoms with Crippen molar-refractivity contribution in [3.8, 4) is 0 Å². The summed E-state index contributed by atoms with van der Waals surface area (Å²) in [7, 11) is -1.03. The molecule has 0 spiro atoms. The fraction of sp³-hybridized carbons (Fsp3) is 1.00. The van der Waals surface area contributed by atoms with Gasteiger partial charge in [0, 0.05) is 14.2 Å². The van der Waals surface area contributed by atoms with E-state index >= 15 is 0 Å². The largest absolute Gasteiger partial charge is 0.474 e. The lowest BCUT2D eigenvalue weighted by Crippen LogP contribution is -2.29. The highest BCUT2D eigenvalue weighted by Gasteiger charge is 2.23. The van der Waals surface area contributed by atoms with Gasteiger partial charge in [-0.05, 0) is 0 Å². The van der Waals surface area contributed by atoms with Gasteiger partial charge in [-0.15, -0.1) is 0 Å². The minimum absolute atomic E-state index is 0.0740. The molecule has 0 radical (unpaired) electrons. The summed E-state index contributed by atoms with van der Waals surface area (Å²) in [5.74, 6) is 0. The molecule has 74 valence electrons. The fourth-order valence-corrected chi connectivity index (χ4v) is 1.15. The van der Waals surface area contributed by atoms with Gasteiger partial charge in [0.15, 0.2) is 0 Å². The highest BCUT2D eigenvalue weighted by atomic mass is 31.2. The van der Waals surface area contributed by atoms with Crippen molar-refractivity contribution in [2.45, 2.75) is 6.04 Å². The Morgan fingerprint density at radius 2 is 2.00 bits per heavy atom. The summed E-state index contributed by atoms with van der Waals surface area (Å²) in [6.07, 6.45) is 0. The molecule has 0 rings (SSSR count). The van der Waals surface area contributed by atoms with E-state index in [-0.39, 0.29) is 13.2 Å². The number of rotatable bonds is 6. The Bertz CT molecular complexity index is 156. The zero-order valence-electron chi connectivity index (χ0n) is 7.10. The average molecular weight is 199 g/mol. The second kappa shape index (κ2) is 5.64. The lowest BCUT2D eigenvalue weighted by atomic mass is 10.4. The normalized spacial score (nSPS) is 14.7. The standard InChI is InChI=1S/C5H14NO5P/c1-9-12(8,10-2)11-4-5(6)3-7/h5,7H,3-4,6H2,1-2H3. The molecule has 1 atom stereocenters. The number of phosphoric ester groups is 1. The van der Waals surface area contributed by atoms with Crippen molar-refractivity contribution in [1.29, 1.82) is 0 Å². The Morgan fingerprint density at radius 1 is 1.50 bits per heavy atom. The first-order valence-electron chi connectivity index (χ1n) is 3.30. The first-order chi connectivity index (χ1) is 5.58. The van der Waals surface area contributed by atoms with Gasteiger partial charge < -0.3 is 10.8 Å². The number of aliphatic hydroxyl groups excluding tert-OH is 1. The maximum Gasteiger partial charge on any atom is 0.474 e. The SMILES string of the molecule is COP(=O)(OC)OCC(N)CO. The number of nitrogens with two attached hydrogens (primary N) is 1. The van der Waals surface area contributed by atoms with Crippen molar-refractivity contribution in [3.63, 3.8) is 0 Å². The van der Waals surface area contributed by atoms with Crippen LogP contribution in [0, 0.1) is 0 Å². The Labute approximate surface area is 71.2 Å². The molecule has 6 nitrogen and oxygen atoms in total. The van der Waals surface area contributed by atoms with Gasteiger partial charge in [0.1, 0.15) is 0 Å². The van der Waals surface area contributed by atoms with Crippen LogP contribution in [-0.4, -0.2) is 38.6 Å². The van der Waals surface area contributed by atoms with E-state index in [1.807, 2.05) is 0 Å². The van der Waals surface area contributed by atoms with Crippen LogP contribution in [0.25, 0.3) is 0 Å². The van der Waals surface area contributed by atoms with Crippen LogP contribution in [0.15, 0.2) is 0 Å². The van der Waals surface area contributed by atoms with Crippen molar-refractivity contribution >= 4 is 7.82 Å². The van der Waals surface area contributed by atoms with Gasteiger partial charge in [0.25, 0.3) is 0 Å². The van der Waals surface area contributed by atoms with Gasteiger partial charge >= 0.3 is 7.82 Å². The minimum Gasteiger partial charge on any atom is -0.395 e. The Hall–Kier alpha value is 0.0300. The maximum absolute atomic E-state index is 11.2. The highest BCUT2D eigenvalue weighted by molar-refractivity contribution is 7.48. The van der Waals surface area contributed by atoms with E-state index in [1.165, 1.54) is 14.2 Å². The third-order valence-electron chi connectivity index (χ3n) is 1.13. The zero-order valence-corrected chi connectivity index (χ0v) is 7.99. The smallest absolute Gasteiger partial charge is 0.395 e. The van der Waals surface area contributed by atoms with Crippen LogP contribution in [0.5, 0.6) is 0 Å². The summed E-state index contributed by atoms with van der Waals surface area (Å²) >= 11 is 0. The van der Waals surface area contributed by atoms with E-state index in [1.54, 1.807) is 0 Å². The zero-order chi connectivity index (χ0) is 9.61. The van der Waals surface area contributed by atoms with Crippen LogP contribution in [0.2, 0.25) is 0 Å². The monoisotopic (exact) mass is 199 g/mol. The summed E-state index contributed by atoms with van der Waals surface area (Å²) in [5, 5.41) is 8.50.